The molecule has 0 N–H and O–H groups in total. The van der Waals surface area contributed by atoms with Crippen molar-refractivity contribution in [3.05, 3.63) is 59.9 Å². The van der Waals surface area contributed by atoms with Gasteiger partial charge in [-0.3, -0.25) is 4.79 Å². The molecule has 25 heavy (non-hydrogen) atoms. The van der Waals surface area contributed by atoms with E-state index in [4.69, 9.17) is 5.10 Å². The number of amides is 1. The highest BCUT2D eigenvalue weighted by Crippen LogP contribution is 2.23. The molecule has 0 aliphatic carbocycles. The first-order valence-corrected chi connectivity index (χ1v) is 8.63. The van der Waals surface area contributed by atoms with Gasteiger partial charge in [-0.15, -0.1) is 0 Å². The number of hydrogen-bond acceptors (Lipinski definition) is 2. The van der Waals surface area contributed by atoms with Crippen LogP contribution in [0.15, 0.2) is 48.7 Å². The molecule has 5 nitrogen and oxygen atoms in total. The standard InChI is InChI=1S/C20H24N4O/c1-5-23(6-2)20(25)19-14-17(18-11-8-12-22(18)4)21-24(19)16-10-7-9-15(3)13-16/h7-14H,5-6H2,1-4H3. The van der Waals surface area contributed by atoms with Crippen LogP contribution in [0.25, 0.3) is 17.1 Å². The molecule has 2 aromatic heterocycles. The number of benzene rings is 1. The van der Waals surface area contributed by atoms with Gasteiger partial charge < -0.3 is 9.47 Å². The molecule has 0 unspecified atom stereocenters. The number of aryl methyl sites for hydroxylation is 2. The molecule has 3 aromatic rings. The van der Waals surface area contributed by atoms with E-state index in [1.807, 2.05) is 85.9 Å². The Morgan fingerprint density at radius 2 is 1.88 bits per heavy atom. The lowest BCUT2D eigenvalue weighted by atomic mass is 10.2. The Hall–Kier alpha value is -2.82. The zero-order valence-corrected chi connectivity index (χ0v) is 15.2. The second-order valence-electron chi connectivity index (χ2n) is 6.15. The van der Waals surface area contributed by atoms with Crippen molar-refractivity contribution < 1.29 is 4.79 Å². The van der Waals surface area contributed by atoms with Gasteiger partial charge >= 0.3 is 0 Å². The second-order valence-corrected chi connectivity index (χ2v) is 6.15. The van der Waals surface area contributed by atoms with Crippen LogP contribution < -0.4 is 0 Å². The first kappa shape index (κ1) is 17.0. The molecule has 0 radical (unpaired) electrons. The Labute approximate surface area is 148 Å². The monoisotopic (exact) mass is 336 g/mol. The molecule has 0 aliphatic heterocycles. The van der Waals surface area contributed by atoms with Gasteiger partial charge in [0.2, 0.25) is 0 Å². The minimum Gasteiger partial charge on any atom is -0.349 e. The zero-order valence-electron chi connectivity index (χ0n) is 15.2. The summed E-state index contributed by atoms with van der Waals surface area (Å²) in [5, 5.41) is 4.75. The molecule has 130 valence electrons. The molecule has 2 heterocycles. The maximum atomic E-state index is 13.0. The van der Waals surface area contributed by atoms with Crippen molar-refractivity contribution in [3.8, 4) is 17.1 Å². The zero-order chi connectivity index (χ0) is 18.0. The van der Waals surface area contributed by atoms with E-state index in [2.05, 4.69) is 0 Å². The van der Waals surface area contributed by atoms with Gasteiger partial charge in [-0.05, 0) is 56.7 Å². The molecule has 1 aromatic carbocycles. The maximum absolute atomic E-state index is 13.0. The summed E-state index contributed by atoms with van der Waals surface area (Å²) in [6, 6.07) is 13.9. The van der Waals surface area contributed by atoms with Crippen molar-refractivity contribution in [2.75, 3.05) is 13.1 Å². The first-order chi connectivity index (χ1) is 12.0. The summed E-state index contributed by atoms with van der Waals surface area (Å²) in [6.45, 7) is 7.37. The Morgan fingerprint density at radius 3 is 2.48 bits per heavy atom. The molecule has 0 fully saturated rings. The van der Waals surface area contributed by atoms with Crippen molar-refractivity contribution in [1.29, 1.82) is 0 Å². The van der Waals surface area contributed by atoms with Crippen molar-refractivity contribution in [2.24, 2.45) is 7.05 Å². The third-order valence-electron chi connectivity index (χ3n) is 4.43. The van der Waals surface area contributed by atoms with E-state index in [-0.39, 0.29) is 5.91 Å². The predicted molar refractivity (Wildman–Crippen MR) is 100.0 cm³/mol. The molecule has 0 bridgehead atoms. The first-order valence-electron chi connectivity index (χ1n) is 8.63. The summed E-state index contributed by atoms with van der Waals surface area (Å²) >= 11 is 0. The van der Waals surface area contributed by atoms with Crippen LogP contribution >= 0.6 is 0 Å². The smallest absolute Gasteiger partial charge is 0.272 e. The largest absolute Gasteiger partial charge is 0.349 e. The minimum absolute atomic E-state index is 0.000495. The van der Waals surface area contributed by atoms with Crippen molar-refractivity contribution in [1.82, 2.24) is 19.2 Å². The van der Waals surface area contributed by atoms with E-state index in [9.17, 15) is 4.79 Å². The van der Waals surface area contributed by atoms with Crippen LogP contribution in [-0.4, -0.2) is 38.2 Å². The van der Waals surface area contributed by atoms with Crippen molar-refractivity contribution in [3.63, 3.8) is 0 Å². The normalized spacial score (nSPS) is 10.9. The van der Waals surface area contributed by atoms with Gasteiger partial charge in [0.05, 0.1) is 11.4 Å². The van der Waals surface area contributed by atoms with Crippen LogP contribution in [0.3, 0.4) is 0 Å². The summed E-state index contributed by atoms with van der Waals surface area (Å²) in [5.41, 5.74) is 4.40. The molecule has 0 saturated carbocycles. The lowest BCUT2D eigenvalue weighted by Gasteiger charge is -2.19. The third-order valence-corrected chi connectivity index (χ3v) is 4.43. The number of hydrogen-bond donors (Lipinski definition) is 0. The Morgan fingerprint density at radius 1 is 1.12 bits per heavy atom. The van der Waals surface area contributed by atoms with E-state index in [1.165, 1.54) is 0 Å². The van der Waals surface area contributed by atoms with Crippen LogP contribution in [0, 0.1) is 6.92 Å². The highest BCUT2D eigenvalue weighted by Gasteiger charge is 2.21. The van der Waals surface area contributed by atoms with Gasteiger partial charge in [-0.25, -0.2) is 4.68 Å². The number of aromatic nitrogens is 3. The molecule has 0 atom stereocenters. The van der Waals surface area contributed by atoms with Crippen LogP contribution in [0.5, 0.6) is 0 Å². The van der Waals surface area contributed by atoms with Gasteiger partial charge in [-0.1, -0.05) is 12.1 Å². The Bertz CT molecular complexity index is 887. The van der Waals surface area contributed by atoms with Gasteiger partial charge in [0.25, 0.3) is 5.91 Å². The molecular formula is C20H24N4O. The van der Waals surface area contributed by atoms with Gasteiger partial charge in [0.1, 0.15) is 11.4 Å². The lowest BCUT2D eigenvalue weighted by Crippen LogP contribution is -2.32. The van der Waals surface area contributed by atoms with Gasteiger partial charge in [-0.2, -0.15) is 5.10 Å². The molecule has 5 heteroatoms. The van der Waals surface area contributed by atoms with Crippen molar-refractivity contribution in [2.45, 2.75) is 20.8 Å². The summed E-state index contributed by atoms with van der Waals surface area (Å²) in [4.78, 5) is 14.8. The quantitative estimate of drug-likeness (QED) is 0.713. The summed E-state index contributed by atoms with van der Waals surface area (Å²) in [6.07, 6.45) is 1.98. The fourth-order valence-electron chi connectivity index (χ4n) is 3.02. The summed E-state index contributed by atoms with van der Waals surface area (Å²) in [5.74, 6) is -0.000495. The van der Waals surface area contributed by atoms with Crippen LogP contribution in [0.1, 0.15) is 29.9 Å². The van der Waals surface area contributed by atoms with E-state index < -0.39 is 0 Å². The van der Waals surface area contributed by atoms with Crippen molar-refractivity contribution >= 4 is 5.91 Å². The Balaban J connectivity index is 2.16. The van der Waals surface area contributed by atoms with Gasteiger partial charge in [0.15, 0.2) is 0 Å². The molecule has 3 rings (SSSR count). The SMILES string of the molecule is CCN(CC)C(=O)c1cc(-c2cccn2C)nn1-c1cccc(C)c1. The van der Waals surface area contributed by atoms with E-state index in [0.717, 1.165) is 22.6 Å². The minimum atomic E-state index is -0.000495. The van der Waals surface area contributed by atoms with E-state index in [0.29, 0.717) is 18.8 Å². The fourth-order valence-corrected chi connectivity index (χ4v) is 3.02. The topological polar surface area (TPSA) is 43.1 Å². The highest BCUT2D eigenvalue weighted by atomic mass is 16.2. The lowest BCUT2D eigenvalue weighted by molar-refractivity contribution is 0.0764. The van der Waals surface area contributed by atoms with E-state index >= 15 is 0 Å². The highest BCUT2D eigenvalue weighted by molar-refractivity contribution is 5.94. The molecule has 0 aliphatic rings. The molecule has 0 saturated heterocycles. The molecule has 0 spiro atoms. The Kier molecular flexibility index (Phi) is 4.74. The number of nitrogens with zero attached hydrogens (tertiary/aromatic N) is 4. The van der Waals surface area contributed by atoms with E-state index in [1.54, 1.807) is 4.68 Å². The van der Waals surface area contributed by atoms with Crippen LogP contribution in [0.4, 0.5) is 0 Å². The van der Waals surface area contributed by atoms with Gasteiger partial charge in [0, 0.05) is 26.3 Å². The average Bonchev–Trinajstić information content (AvgIpc) is 3.22. The maximum Gasteiger partial charge on any atom is 0.272 e. The second kappa shape index (κ2) is 6.97. The number of carbonyl (C=O) groups excluding carboxylic acids is 1. The molecular weight excluding hydrogens is 312 g/mol. The molecule has 1 amide bonds. The van der Waals surface area contributed by atoms with Crippen LogP contribution in [-0.2, 0) is 7.05 Å². The summed E-state index contributed by atoms with van der Waals surface area (Å²) < 4.78 is 3.77. The number of rotatable bonds is 5. The summed E-state index contributed by atoms with van der Waals surface area (Å²) in [7, 11) is 1.98. The van der Waals surface area contributed by atoms with Crippen LogP contribution in [0.2, 0.25) is 0 Å². The predicted octanol–water partition coefficient (Wildman–Crippen LogP) is 3.67. The number of carbonyl (C=O) groups is 1. The third kappa shape index (κ3) is 3.22. The fraction of sp³-hybridized carbons (Fsp3) is 0.300. The average molecular weight is 336 g/mol.